The van der Waals surface area contributed by atoms with Crippen molar-refractivity contribution in [3.63, 3.8) is 0 Å². The van der Waals surface area contributed by atoms with Gasteiger partial charge >= 0.3 is 0 Å². The summed E-state index contributed by atoms with van der Waals surface area (Å²) in [6.45, 7) is 2.05. The van der Waals surface area contributed by atoms with Crippen molar-refractivity contribution in [2.24, 2.45) is 0 Å². The van der Waals surface area contributed by atoms with E-state index in [1.54, 1.807) is 17.5 Å². The smallest absolute Gasteiger partial charge is 0.0937 e. The molecule has 0 saturated heterocycles. The second-order valence-corrected chi connectivity index (χ2v) is 6.81. The molecule has 0 radical (unpaired) electrons. The zero-order valence-electron chi connectivity index (χ0n) is 11.9. The van der Waals surface area contributed by atoms with Crippen LogP contribution < -0.4 is 0 Å². The largest absolute Gasteiger partial charge is 0.387 e. The minimum Gasteiger partial charge on any atom is -0.387 e. The van der Waals surface area contributed by atoms with E-state index in [1.165, 1.54) is 42.5 Å². The van der Waals surface area contributed by atoms with Crippen LogP contribution in [0.5, 0.6) is 0 Å². The third-order valence-corrected chi connectivity index (χ3v) is 5.44. The first-order valence-electron chi connectivity index (χ1n) is 7.44. The summed E-state index contributed by atoms with van der Waals surface area (Å²) in [5.74, 6) is 0. The molecule has 2 nitrogen and oxygen atoms in total. The van der Waals surface area contributed by atoms with Gasteiger partial charge in [-0.1, -0.05) is 12.5 Å². The lowest BCUT2D eigenvalue weighted by molar-refractivity contribution is 0.181. The molecule has 0 aromatic carbocycles. The van der Waals surface area contributed by atoms with Crippen molar-refractivity contribution < 1.29 is 5.11 Å². The van der Waals surface area contributed by atoms with Crippen molar-refractivity contribution in [2.45, 2.75) is 51.6 Å². The number of hydrogen-bond donors (Lipinski definition) is 1. The molecule has 1 aliphatic carbocycles. The zero-order chi connectivity index (χ0) is 13.9. The number of aliphatic hydroxyl groups is 1. The monoisotopic (exact) mass is 287 g/mol. The molecule has 2 aromatic heterocycles. The average Bonchev–Trinajstić information content (AvgIpc) is 2.73. The molecule has 2 heterocycles. The van der Waals surface area contributed by atoms with E-state index < -0.39 is 6.10 Å². The highest BCUT2D eigenvalue weighted by atomic mass is 32.1. The lowest BCUT2D eigenvalue weighted by Gasteiger charge is -2.09. The van der Waals surface area contributed by atoms with E-state index in [0.717, 1.165) is 16.1 Å². The molecule has 0 saturated carbocycles. The first-order chi connectivity index (χ1) is 9.74. The summed E-state index contributed by atoms with van der Waals surface area (Å²) in [6.07, 6.45) is 8.30. The molecule has 1 atom stereocenters. The molecule has 3 rings (SSSR count). The Morgan fingerprint density at radius 1 is 1.30 bits per heavy atom. The predicted octanol–water partition coefficient (Wildman–Crippen LogP) is 4.00. The number of rotatable bonds is 3. The standard InChI is InChI=1S/C17H21NOS/c1-12-6-5-9-18-14(12)11-15(19)17-10-13-7-3-2-4-8-16(13)20-17/h5-6,9-10,15,19H,2-4,7-8,11H2,1H3. The fourth-order valence-corrected chi connectivity index (χ4v) is 4.11. The first-order valence-corrected chi connectivity index (χ1v) is 8.26. The first kappa shape index (κ1) is 13.8. The number of aromatic nitrogens is 1. The summed E-state index contributed by atoms with van der Waals surface area (Å²) in [4.78, 5) is 6.99. The quantitative estimate of drug-likeness (QED) is 0.866. The van der Waals surface area contributed by atoms with Crippen LogP contribution in [0.1, 0.15) is 51.9 Å². The van der Waals surface area contributed by atoms with E-state index in [9.17, 15) is 5.11 Å². The summed E-state index contributed by atoms with van der Waals surface area (Å²) < 4.78 is 0. The molecule has 106 valence electrons. The number of nitrogens with zero attached hydrogens (tertiary/aromatic N) is 1. The topological polar surface area (TPSA) is 33.1 Å². The fourth-order valence-electron chi connectivity index (χ4n) is 2.87. The highest BCUT2D eigenvalue weighted by Crippen LogP contribution is 2.33. The Hall–Kier alpha value is -1.19. The van der Waals surface area contributed by atoms with Gasteiger partial charge in [-0.3, -0.25) is 4.98 Å². The minimum atomic E-state index is -0.416. The van der Waals surface area contributed by atoms with E-state index >= 15 is 0 Å². The van der Waals surface area contributed by atoms with Gasteiger partial charge in [-0.15, -0.1) is 11.3 Å². The van der Waals surface area contributed by atoms with Crippen molar-refractivity contribution in [1.29, 1.82) is 0 Å². The van der Waals surface area contributed by atoms with Gasteiger partial charge < -0.3 is 5.11 Å². The Morgan fingerprint density at radius 2 is 2.15 bits per heavy atom. The highest BCUT2D eigenvalue weighted by Gasteiger charge is 2.18. The van der Waals surface area contributed by atoms with Crippen LogP contribution in [0, 0.1) is 6.92 Å². The number of aliphatic hydroxyl groups excluding tert-OH is 1. The maximum atomic E-state index is 10.5. The van der Waals surface area contributed by atoms with Gasteiger partial charge in [0.05, 0.1) is 6.10 Å². The van der Waals surface area contributed by atoms with Crippen molar-refractivity contribution in [3.8, 4) is 0 Å². The van der Waals surface area contributed by atoms with E-state index in [0.29, 0.717) is 6.42 Å². The van der Waals surface area contributed by atoms with Crippen LogP contribution in [0.15, 0.2) is 24.4 Å². The van der Waals surface area contributed by atoms with Crippen LogP contribution in [-0.4, -0.2) is 10.1 Å². The summed E-state index contributed by atoms with van der Waals surface area (Å²) >= 11 is 1.80. The van der Waals surface area contributed by atoms with Crippen molar-refractivity contribution in [3.05, 3.63) is 51.0 Å². The highest BCUT2D eigenvalue weighted by molar-refractivity contribution is 7.12. The molecule has 0 fully saturated rings. The van der Waals surface area contributed by atoms with E-state index in [4.69, 9.17) is 0 Å². The molecular weight excluding hydrogens is 266 g/mol. The Morgan fingerprint density at radius 3 is 3.00 bits per heavy atom. The molecule has 1 unspecified atom stereocenters. The summed E-state index contributed by atoms with van der Waals surface area (Å²) in [7, 11) is 0. The predicted molar refractivity (Wildman–Crippen MR) is 83.2 cm³/mol. The average molecular weight is 287 g/mol. The van der Waals surface area contributed by atoms with Gasteiger partial charge in [-0.25, -0.2) is 0 Å². The Kier molecular flexibility index (Phi) is 4.18. The maximum Gasteiger partial charge on any atom is 0.0937 e. The Balaban J connectivity index is 1.77. The molecule has 1 N–H and O–H groups in total. The van der Waals surface area contributed by atoms with Gasteiger partial charge in [-0.05, 0) is 55.9 Å². The van der Waals surface area contributed by atoms with Crippen LogP contribution in [0.4, 0.5) is 0 Å². The molecular formula is C17H21NOS. The Bertz CT molecular complexity index is 567. The van der Waals surface area contributed by atoms with Crippen LogP contribution in [0.3, 0.4) is 0 Å². The zero-order valence-corrected chi connectivity index (χ0v) is 12.7. The van der Waals surface area contributed by atoms with Crippen LogP contribution in [0.25, 0.3) is 0 Å². The van der Waals surface area contributed by atoms with Crippen molar-refractivity contribution in [2.75, 3.05) is 0 Å². The number of aryl methyl sites for hydroxylation is 3. The number of fused-ring (bicyclic) bond motifs is 1. The number of pyridine rings is 1. The van der Waals surface area contributed by atoms with E-state index in [1.807, 2.05) is 6.07 Å². The SMILES string of the molecule is Cc1cccnc1CC(O)c1cc2c(s1)CCCCC2. The summed E-state index contributed by atoms with van der Waals surface area (Å²) in [6, 6.07) is 6.23. The second kappa shape index (κ2) is 6.06. The van der Waals surface area contributed by atoms with Gasteiger partial charge in [0.1, 0.15) is 0 Å². The van der Waals surface area contributed by atoms with E-state index in [-0.39, 0.29) is 0 Å². The minimum absolute atomic E-state index is 0.416. The molecule has 0 bridgehead atoms. The van der Waals surface area contributed by atoms with Crippen molar-refractivity contribution in [1.82, 2.24) is 4.98 Å². The molecule has 0 aliphatic heterocycles. The lowest BCUT2D eigenvalue weighted by Crippen LogP contribution is -2.03. The molecule has 2 aromatic rings. The lowest BCUT2D eigenvalue weighted by atomic mass is 10.1. The van der Waals surface area contributed by atoms with E-state index in [2.05, 4.69) is 24.0 Å². The molecule has 0 amide bonds. The molecule has 3 heteroatoms. The van der Waals surface area contributed by atoms with Crippen LogP contribution >= 0.6 is 11.3 Å². The van der Waals surface area contributed by atoms with Gasteiger partial charge in [-0.2, -0.15) is 0 Å². The second-order valence-electron chi connectivity index (χ2n) is 5.64. The van der Waals surface area contributed by atoms with Crippen molar-refractivity contribution >= 4 is 11.3 Å². The van der Waals surface area contributed by atoms with Gasteiger partial charge in [0, 0.05) is 28.1 Å². The van der Waals surface area contributed by atoms with Gasteiger partial charge in [0.2, 0.25) is 0 Å². The maximum absolute atomic E-state index is 10.5. The number of thiophene rings is 1. The summed E-state index contributed by atoms with van der Waals surface area (Å²) in [5, 5.41) is 10.5. The fraction of sp³-hybridized carbons (Fsp3) is 0.471. The molecule has 1 aliphatic rings. The van der Waals surface area contributed by atoms with Crippen LogP contribution in [-0.2, 0) is 19.3 Å². The molecule has 0 spiro atoms. The normalized spacial score (nSPS) is 16.5. The van der Waals surface area contributed by atoms with Gasteiger partial charge in [0.15, 0.2) is 0 Å². The Labute approximate surface area is 124 Å². The third-order valence-electron chi connectivity index (χ3n) is 4.10. The van der Waals surface area contributed by atoms with Gasteiger partial charge in [0.25, 0.3) is 0 Å². The molecule has 20 heavy (non-hydrogen) atoms. The van der Waals surface area contributed by atoms with Crippen LogP contribution in [0.2, 0.25) is 0 Å². The third kappa shape index (κ3) is 2.94. The number of hydrogen-bond acceptors (Lipinski definition) is 3. The summed E-state index contributed by atoms with van der Waals surface area (Å²) in [5.41, 5.74) is 3.63.